The summed E-state index contributed by atoms with van der Waals surface area (Å²) in [5.41, 5.74) is 14.7. The van der Waals surface area contributed by atoms with Crippen LogP contribution in [0.3, 0.4) is 0 Å². The smallest absolute Gasteiger partial charge is 0.326 e. The third-order valence-corrected chi connectivity index (χ3v) is 15.4. The summed E-state index contributed by atoms with van der Waals surface area (Å²) in [4.78, 5) is 88.2. The third-order valence-electron chi connectivity index (χ3n) is 13.8. The summed E-state index contributed by atoms with van der Waals surface area (Å²) < 4.78 is 36.0. The Balaban J connectivity index is 1.21. The van der Waals surface area contributed by atoms with Gasteiger partial charge in [0.15, 0.2) is 0 Å². The lowest BCUT2D eigenvalue weighted by Gasteiger charge is -2.30. The highest BCUT2D eigenvalue weighted by Crippen LogP contribution is 2.43. The van der Waals surface area contributed by atoms with Gasteiger partial charge in [0.1, 0.15) is 41.6 Å². The van der Waals surface area contributed by atoms with Crippen LogP contribution in [0, 0.1) is 20.8 Å². The summed E-state index contributed by atoms with van der Waals surface area (Å²) in [6, 6.07) is 3.97. The summed E-state index contributed by atoms with van der Waals surface area (Å²) in [6.07, 6.45) is 9.55. The maximum Gasteiger partial charge on any atom is 0.326 e. The largest absolute Gasteiger partial charge is 0.487 e. The predicted molar refractivity (Wildman–Crippen MR) is 270 cm³/mol. The molecule has 392 valence electrons. The quantitative estimate of drug-likeness (QED) is 0.0427. The number of aliphatic carboxylic acids is 1. The molecular weight excluding hydrogens is 931 g/mol. The zero-order chi connectivity index (χ0) is 52.0. The van der Waals surface area contributed by atoms with Gasteiger partial charge < -0.3 is 47.1 Å². The van der Waals surface area contributed by atoms with E-state index in [9.17, 15) is 42.3 Å². The highest BCUT2D eigenvalue weighted by atomic mass is 32.2. The number of guanidine groups is 1. The average molecular weight is 1010 g/mol. The first-order valence-electron chi connectivity index (χ1n) is 25.3. The van der Waals surface area contributed by atoms with E-state index in [4.69, 9.17) is 16.2 Å². The Labute approximate surface area is 419 Å². The number of carboxylic acid groups (broad SMARTS) is 1. The van der Waals surface area contributed by atoms with Crippen LogP contribution in [0.5, 0.6) is 5.75 Å². The second kappa shape index (κ2) is 25.6. The first-order valence-corrected chi connectivity index (χ1v) is 26.8. The van der Waals surface area contributed by atoms with Crippen molar-refractivity contribution in [3.63, 3.8) is 0 Å². The van der Waals surface area contributed by atoms with Gasteiger partial charge in [-0.1, -0.05) is 62.4 Å². The van der Waals surface area contributed by atoms with E-state index in [1.807, 2.05) is 51.1 Å². The van der Waals surface area contributed by atoms with E-state index in [1.54, 1.807) is 13.8 Å². The van der Waals surface area contributed by atoms with Crippen molar-refractivity contribution in [2.75, 3.05) is 26.2 Å². The topological polar surface area (TPSA) is 285 Å². The zero-order valence-corrected chi connectivity index (χ0v) is 43.3. The van der Waals surface area contributed by atoms with Gasteiger partial charge in [-0.25, -0.2) is 17.9 Å². The lowest BCUT2D eigenvalue weighted by Crippen LogP contribution is -2.58. The van der Waals surface area contributed by atoms with E-state index in [1.165, 1.54) is 16.7 Å². The zero-order valence-electron chi connectivity index (χ0n) is 42.4. The number of hydrogen-bond acceptors (Lipinski definition) is 11. The van der Waals surface area contributed by atoms with Crippen molar-refractivity contribution < 1.29 is 47.0 Å². The number of carbonyl (C=O) groups is 6. The van der Waals surface area contributed by atoms with E-state index >= 15 is 0 Å². The average Bonchev–Trinajstić information content (AvgIpc) is 4.09. The minimum Gasteiger partial charge on any atom is -0.487 e. The van der Waals surface area contributed by atoms with Crippen molar-refractivity contribution in [1.29, 1.82) is 0 Å². The first kappa shape index (κ1) is 56.2. The predicted octanol–water partition coefficient (Wildman–Crippen LogP) is 3.56. The summed E-state index contributed by atoms with van der Waals surface area (Å²) in [7, 11) is -4.18. The number of likely N-dealkylation sites (tertiary alicyclic amines) is 2. The van der Waals surface area contributed by atoms with Crippen LogP contribution in [0.4, 0.5) is 0 Å². The van der Waals surface area contributed by atoms with E-state index in [0.717, 1.165) is 49.7 Å². The van der Waals surface area contributed by atoms with Crippen LogP contribution in [-0.2, 0) is 51.6 Å². The monoisotopic (exact) mass is 1010 g/mol. The molecule has 3 heterocycles. The van der Waals surface area contributed by atoms with Gasteiger partial charge in [0.05, 0.1) is 4.90 Å². The minimum atomic E-state index is -4.18. The maximum atomic E-state index is 14.2. The first-order chi connectivity index (χ1) is 33.6. The van der Waals surface area contributed by atoms with Crippen LogP contribution in [0.15, 0.2) is 40.2 Å². The van der Waals surface area contributed by atoms with E-state index in [0.29, 0.717) is 61.1 Å². The molecule has 5 amide bonds. The minimum absolute atomic E-state index is 0.0235. The van der Waals surface area contributed by atoms with Crippen molar-refractivity contribution in [3.05, 3.63) is 58.1 Å². The van der Waals surface area contributed by atoms with Crippen molar-refractivity contribution in [1.82, 2.24) is 30.5 Å². The Morgan fingerprint density at radius 3 is 2.07 bits per heavy atom. The van der Waals surface area contributed by atoms with Gasteiger partial charge >= 0.3 is 5.97 Å². The lowest BCUT2D eigenvalue weighted by molar-refractivity contribution is -0.149. The second-order valence-corrected chi connectivity index (χ2v) is 21.5. The van der Waals surface area contributed by atoms with Gasteiger partial charge in [-0.15, -0.1) is 0 Å². The fourth-order valence-electron chi connectivity index (χ4n) is 9.91. The number of hydrogen-bond donors (Lipinski definition) is 7. The Bertz CT molecular complexity index is 2380. The van der Waals surface area contributed by atoms with Crippen molar-refractivity contribution in [2.45, 2.75) is 185 Å². The Morgan fingerprint density at radius 2 is 1.42 bits per heavy atom. The van der Waals surface area contributed by atoms with Crippen molar-refractivity contribution in [3.8, 4) is 5.75 Å². The molecule has 3 aliphatic rings. The fraction of sp³-hybridized carbons (Fsp3) is 0.627. The highest BCUT2D eigenvalue weighted by Gasteiger charge is 2.41. The third kappa shape index (κ3) is 15.1. The van der Waals surface area contributed by atoms with Crippen LogP contribution >= 0.6 is 0 Å². The SMILES string of the molecule is Cc1c(C)c(S(=O)(=O)NC(N)=NCCC[C@H](NC(=O)[C@H](C)NC(=O)[C@@H]2CCCN2C(=O)[C@H](Cc2ccccc2)NC(=O)CCCCCCCCCN)C(=O)N2CCC[C@H]2C(=O)O)c(C)c2c1OC(C)(C)C2. The van der Waals surface area contributed by atoms with Gasteiger partial charge in [0.2, 0.25) is 35.5 Å². The number of fused-ring (bicyclic) bond motifs is 1. The van der Waals surface area contributed by atoms with Crippen molar-refractivity contribution in [2.24, 2.45) is 16.5 Å². The number of benzene rings is 2. The molecule has 19 nitrogen and oxygen atoms in total. The number of sulfonamides is 1. The Hall–Kier alpha value is -5.76. The molecule has 0 radical (unpaired) electrons. The molecule has 2 fully saturated rings. The molecule has 0 unspecified atom stereocenters. The van der Waals surface area contributed by atoms with E-state index < -0.39 is 75.4 Å². The van der Waals surface area contributed by atoms with E-state index in [2.05, 4.69) is 25.7 Å². The van der Waals surface area contributed by atoms with E-state index in [-0.39, 0.29) is 68.5 Å². The molecule has 2 saturated heterocycles. The summed E-state index contributed by atoms with van der Waals surface area (Å²) in [5, 5.41) is 18.2. The van der Waals surface area contributed by atoms with Gasteiger partial charge in [-0.3, -0.25) is 29.0 Å². The molecule has 0 saturated carbocycles. The second-order valence-electron chi connectivity index (χ2n) is 19.9. The normalized spacial score (nSPS) is 18.8. The highest BCUT2D eigenvalue weighted by molar-refractivity contribution is 7.90. The molecule has 0 aromatic heterocycles. The van der Waals surface area contributed by atoms with Crippen LogP contribution < -0.4 is 36.9 Å². The number of carbonyl (C=O) groups excluding carboxylic acids is 5. The molecular formula is C51H77N9O10S. The number of amides is 5. The molecule has 3 aliphatic heterocycles. The number of rotatable bonds is 25. The number of ether oxygens (including phenoxy) is 1. The molecule has 0 bridgehead atoms. The molecule has 5 rings (SSSR count). The fourth-order valence-corrected chi connectivity index (χ4v) is 11.4. The maximum absolute atomic E-state index is 14.2. The lowest BCUT2D eigenvalue weighted by atomic mass is 9.94. The van der Waals surface area contributed by atoms with Crippen LogP contribution in [0.2, 0.25) is 0 Å². The molecule has 20 heteroatoms. The summed E-state index contributed by atoms with van der Waals surface area (Å²) in [6.45, 7) is 11.7. The van der Waals surface area contributed by atoms with Gasteiger partial charge in [0, 0.05) is 44.5 Å². The number of nitrogens with one attached hydrogen (secondary N) is 4. The number of aliphatic imine (C=N–C) groups is 1. The van der Waals surface area contributed by atoms with Crippen LogP contribution in [0.25, 0.3) is 0 Å². The Morgan fingerprint density at radius 1 is 0.817 bits per heavy atom. The molecule has 5 atom stereocenters. The number of nitrogens with zero attached hydrogens (tertiary/aromatic N) is 3. The standard InChI is InChI=1S/C51H77N9O10S/c1-32-33(2)44(34(3)37-31-51(5,6)70-43(32)37)71(68,69)58-50(53)54-27-17-22-38(47(64)60-29-19-24-41(60)49(66)67)57-45(62)35(4)55-46(63)40-23-18-28-59(40)48(65)39(30-36-20-13-12-14-21-36)56-42(61)25-15-10-8-7-9-11-16-26-52/h12-14,20-21,35,38-41H,7-11,15-19,22-31,52H2,1-6H3,(H,55,63)(H,56,61)(H,57,62)(H,66,67)(H3,53,54,58)/t35-,38-,39-,40-,41-/m0/s1. The number of unbranched alkanes of at least 4 members (excludes halogenated alkanes) is 6. The molecule has 2 aromatic carbocycles. The van der Waals surface area contributed by atoms with Crippen LogP contribution in [0.1, 0.15) is 138 Å². The Kier molecular flexibility index (Phi) is 20.2. The molecule has 2 aromatic rings. The summed E-state index contributed by atoms with van der Waals surface area (Å²) >= 11 is 0. The molecule has 71 heavy (non-hydrogen) atoms. The van der Waals surface area contributed by atoms with Gasteiger partial charge in [-0.05, 0) is 122 Å². The van der Waals surface area contributed by atoms with Crippen LogP contribution in [-0.4, -0.2) is 127 Å². The molecule has 0 aliphatic carbocycles. The summed E-state index contributed by atoms with van der Waals surface area (Å²) in [5.74, 6) is -3.43. The van der Waals surface area contributed by atoms with Gasteiger partial charge in [-0.2, -0.15) is 0 Å². The van der Waals surface area contributed by atoms with Gasteiger partial charge in [0.25, 0.3) is 10.0 Å². The molecule has 0 spiro atoms. The molecule has 9 N–H and O–H groups in total. The number of nitrogens with two attached hydrogens (primary N) is 2. The van der Waals surface area contributed by atoms with Crippen molar-refractivity contribution >= 4 is 51.5 Å². The number of carboxylic acids is 1.